The smallest absolute Gasteiger partial charge is 0 e. The molecule has 1 aromatic carbocycles. The molecule has 0 saturated carbocycles. The molecule has 0 atom stereocenters. The quantitative estimate of drug-likeness (QED) is 0.643. The van der Waals surface area contributed by atoms with Crippen LogP contribution in [0.2, 0.25) is 0 Å². The third-order valence-corrected chi connectivity index (χ3v) is 1.85. The van der Waals surface area contributed by atoms with Gasteiger partial charge >= 0.3 is 0 Å². The Kier molecular flexibility index (Phi) is 2.65. The van der Waals surface area contributed by atoms with Crippen LogP contribution in [-0.4, -0.2) is 0 Å². The minimum absolute atomic E-state index is 0. The SMILES string of the molecule is [Re].c1ccc2c(c1)C[CH-]C2. The Morgan fingerprint density at radius 1 is 1.00 bits per heavy atom. The van der Waals surface area contributed by atoms with Crippen LogP contribution in [0.25, 0.3) is 0 Å². The average Bonchev–Trinajstić information content (AvgIpc) is 2.33. The van der Waals surface area contributed by atoms with E-state index in [1.807, 2.05) is 0 Å². The largest absolute Gasteiger partial charge is 0.320 e. The summed E-state index contributed by atoms with van der Waals surface area (Å²) in [5.41, 5.74) is 3.02. The zero-order valence-corrected chi connectivity index (χ0v) is 8.39. The fourth-order valence-electron chi connectivity index (χ4n) is 1.34. The number of fused-ring (bicyclic) bond motifs is 1. The molecule has 0 spiro atoms. The third kappa shape index (κ3) is 1.31. The molecule has 1 aliphatic carbocycles. The third-order valence-electron chi connectivity index (χ3n) is 1.85. The van der Waals surface area contributed by atoms with Crippen molar-refractivity contribution in [2.24, 2.45) is 0 Å². The summed E-state index contributed by atoms with van der Waals surface area (Å²) in [7, 11) is 0. The van der Waals surface area contributed by atoms with Crippen LogP contribution in [0.3, 0.4) is 0 Å². The maximum absolute atomic E-state index is 2.32. The van der Waals surface area contributed by atoms with Crippen LogP contribution < -0.4 is 0 Å². The number of benzene rings is 1. The van der Waals surface area contributed by atoms with Gasteiger partial charge in [0.25, 0.3) is 0 Å². The van der Waals surface area contributed by atoms with E-state index in [4.69, 9.17) is 0 Å². The van der Waals surface area contributed by atoms with Gasteiger partial charge < -0.3 is 6.42 Å². The second-order valence-electron chi connectivity index (χ2n) is 2.47. The maximum atomic E-state index is 2.32. The average molecular weight is 303 g/mol. The molecule has 0 saturated heterocycles. The Balaban J connectivity index is 0.000000500. The summed E-state index contributed by atoms with van der Waals surface area (Å²) in [5.74, 6) is 0. The number of hydrogen-bond acceptors (Lipinski definition) is 0. The molecule has 0 heterocycles. The van der Waals surface area contributed by atoms with Gasteiger partial charge in [0, 0.05) is 20.4 Å². The van der Waals surface area contributed by atoms with Gasteiger partial charge in [-0.1, -0.05) is 35.4 Å². The molecule has 0 nitrogen and oxygen atoms in total. The first-order chi connectivity index (χ1) is 4.47. The molecule has 0 aromatic heterocycles. The Labute approximate surface area is 75.3 Å². The van der Waals surface area contributed by atoms with Gasteiger partial charge in [0.2, 0.25) is 0 Å². The monoisotopic (exact) mass is 304 g/mol. The molecule has 1 aliphatic rings. The minimum Gasteiger partial charge on any atom is -0.320 e. The molecule has 0 unspecified atom stereocenters. The van der Waals surface area contributed by atoms with Crippen LogP contribution in [0, 0.1) is 6.42 Å². The second-order valence-corrected chi connectivity index (χ2v) is 2.47. The summed E-state index contributed by atoms with van der Waals surface area (Å²) < 4.78 is 0. The van der Waals surface area contributed by atoms with Crippen LogP contribution in [0.15, 0.2) is 24.3 Å². The van der Waals surface area contributed by atoms with E-state index < -0.39 is 0 Å². The van der Waals surface area contributed by atoms with Crippen molar-refractivity contribution in [3.63, 3.8) is 0 Å². The maximum Gasteiger partial charge on any atom is 0 e. The molecule has 0 amide bonds. The Hall–Kier alpha value is -0.118. The van der Waals surface area contributed by atoms with Crippen LogP contribution in [0.4, 0.5) is 0 Å². The van der Waals surface area contributed by atoms with Crippen molar-refractivity contribution in [1.29, 1.82) is 0 Å². The van der Waals surface area contributed by atoms with Crippen molar-refractivity contribution in [3.05, 3.63) is 41.8 Å². The molecule has 0 fully saturated rings. The first kappa shape index (κ1) is 7.98. The number of rotatable bonds is 0. The summed E-state index contributed by atoms with van der Waals surface area (Å²) in [6, 6.07) is 8.63. The van der Waals surface area contributed by atoms with Gasteiger partial charge in [0.05, 0.1) is 0 Å². The van der Waals surface area contributed by atoms with E-state index in [9.17, 15) is 0 Å². The van der Waals surface area contributed by atoms with Crippen molar-refractivity contribution < 1.29 is 20.4 Å². The van der Waals surface area contributed by atoms with Gasteiger partial charge in [-0.2, -0.15) is 12.8 Å². The molecule has 0 N–H and O–H groups in total. The topological polar surface area (TPSA) is 0 Å². The van der Waals surface area contributed by atoms with E-state index in [1.165, 1.54) is 24.0 Å². The molecular weight excluding hydrogens is 294 g/mol. The van der Waals surface area contributed by atoms with Crippen molar-refractivity contribution in [3.8, 4) is 0 Å². The molecule has 1 radical (unpaired) electrons. The van der Waals surface area contributed by atoms with Crippen LogP contribution >= 0.6 is 0 Å². The van der Waals surface area contributed by atoms with Crippen molar-refractivity contribution >= 4 is 0 Å². The van der Waals surface area contributed by atoms with Gasteiger partial charge in [-0.15, -0.1) is 0 Å². The molecule has 0 bridgehead atoms. The normalized spacial score (nSPS) is 14.0. The number of hydrogen-bond donors (Lipinski definition) is 0. The molecule has 1 heteroatoms. The fourth-order valence-corrected chi connectivity index (χ4v) is 1.34. The zero-order valence-electron chi connectivity index (χ0n) is 5.68. The fraction of sp³-hybridized carbons (Fsp3) is 0.222. The van der Waals surface area contributed by atoms with E-state index in [2.05, 4.69) is 30.7 Å². The molecule has 0 aliphatic heterocycles. The van der Waals surface area contributed by atoms with Crippen molar-refractivity contribution in [1.82, 2.24) is 0 Å². The molecular formula is C9H9Re-. The van der Waals surface area contributed by atoms with Crippen molar-refractivity contribution in [2.45, 2.75) is 12.8 Å². The van der Waals surface area contributed by atoms with Gasteiger partial charge in [-0.3, -0.25) is 0 Å². The van der Waals surface area contributed by atoms with E-state index >= 15 is 0 Å². The standard InChI is InChI=1S/C9H9.Re/c1-2-5-9-7-3-6-8(9)4-1;/h1-5H,6-7H2;/q-1;. The van der Waals surface area contributed by atoms with Gasteiger partial charge in [0.15, 0.2) is 0 Å². The van der Waals surface area contributed by atoms with E-state index in [0.29, 0.717) is 0 Å². The van der Waals surface area contributed by atoms with Gasteiger partial charge in [0.1, 0.15) is 0 Å². The van der Waals surface area contributed by atoms with Crippen LogP contribution in [0.1, 0.15) is 11.1 Å². The van der Waals surface area contributed by atoms with Crippen LogP contribution in [-0.2, 0) is 33.3 Å². The summed E-state index contributed by atoms with van der Waals surface area (Å²) in [4.78, 5) is 0. The predicted octanol–water partition coefficient (Wildman–Crippen LogP) is 1.99. The minimum atomic E-state index is 0. The molecule has 10 heavy (non-hydrogen) atoms. The first-order valence-corrected chi connectivity index (χ1v) is 3.35. The van der Waals surface area contributed by atoms with Gasteiger partial charge in [-0.25, -0.2) is 0 Å². The summed E-state index contributed by atoms with van der Waals surface area (Å²) >= 11 is 0. The molecule has 53 valence electrons. The zero-order chi connectivity index (χ0) is 6.10. The predicted molar refractivity (Wildman–Crippen MR) is 38.2 cm³/mol. The Bertz CT molecular complexity index is 195. The summed E-state index contributed by atoms with van der Waals surface area (Å²) in [6.45, 7) is 0. The molecule has 2 rings (SSSR count). The van der Waals surface area contributed by atoms with Crippen molar-refractivity contribution in [2.75, 3.05) is 0 Å². The second kappa shape index (κ2) is 3.33. The van der Waals surface area contributed by atoms with E-state index in [0.717, 1.165) is 0 Å². The summed E-state index contributed by atoms with van der Waals surface area (Å²) in [5, 5.41) is 0. The Morgan fingerprint density at radius 3 is 2.00 bits per heavy atom. The van der Waals surface area contributed by atoms with E-state index in [1.54, 1.807) is 0 Å². The van der Waals surface area contributed by atoms with Crippen LogP contribution in [0.5, 0.6) is 0 Å². The summed E-state index contributed by atoms with van der Waals surface area (Å²) in [6.07, 6.45) is 4.68. The Morgan fingerprint density at radius 2 is 1.50 bits per heavy atom. The first-order valence-electron chi connectivity index (χ1n) is 3.35. The molecule has 1 aromatic rings. The van der Waals surface area contributed by atoms with E-state index in [-0.39, 0.29) is 20.4 Å². The van der Waals surface area contributed by atoms with Gasteiger partial charge in [-0.05, 0) is 0 Å².